The zero-order chi connectivity index (χ0) is 13.0. The van der Waals surface area contributed by atoms with Gasteiger partial charge in [0.15, 0.2) is 11.5 Å². The van der Waals surface area contributed by atoms with Gasteiger partial charge in [0.05, 0.1) is 19.9 Å². The molecule has 18 heavy (non-hydrogen) atoms. The van der Waals surface area contributed by atoms with Crippen LogP contribution in [0, 0.1) is 5.82 Å². The summed E-state index contributed by atoms with van der Waals surface area (Å²) < 4.78 is 23.8. The second-order valence-corrected chi connectivity index (χ2v) is 3.67. The first-order valence-electron chi connectivity index (χ1n) is 5.48. The molecule has 0 radical (unpaired) electrons. The molecule has 0 amide bonds. The molecule has 1 N–H and O–H groups in total. The third kappa shape index (κ3) is 2.53. The predicted molar refractivity (Wildman–Crippen MR) is 69.2 cm³/mol. The van der Waals surface area contributed by atoms with E-state index in [0.29, 0.717) is 17.2 Å². The van der Waals surface area contributed by atoms with E-state index in [-0.39, 0.29) is 5.82 Å². The monoisotopic (exact) mass is 247 g/mol. The zero-order valence-electron chi connectivity index (χ0n) is 10.2. The summed E-state index contributed by atoms with van der Waals surface area (Å²) in [5, 5.41) is 2.99. The lowest BCUT2D eigenvalue weighted by atomic mass is 10.2. The van der Waals surface area contributed by atoms with Gasteiger partial charge in [-0.1, -0.05) is 12.1 Å². The average molecular weight is 247 g/mol. The van der Waals surface area contributed by atoms with E-state index >= 15 is 0 Å². The van der Waals surface area contributed by atoms with Crippen LogP contribution in [0.5, 0.6) is 11.5 Å². The molecule has 0 saturated heterocycles. The summed E-state index contributed by atoms with van der Waals surface area (Å²) in [5.74, 6) is 0.933. The normalized spacial score (nSPS) is 9.94. The quantitative estimate of drug-likeness (QED) is 0.895. The molecule has 0 saturated carbocycles. The SMILES string of the molecule is COc1ccc(Nc2ccccc2F)cc1OC. The molecule has 0 heterocycles. The van der Waals surface area contributed by atoms with Gasteiger partial charge in [-0.25, -0.2) is 4.39 Å². The van der Waals surface area contributed by atoms with Gasteiger partial charge in [-0.2, -0.15) is 0 Å². The summed E-state index contributed by atoms with van der Waals surface area (Å²) in [5.41, 5.74) is 1.16. The Morgan fingerprint density at radius 1 is 0.944 bits per heavy atom. The molecule has 94 valence electrons. The number of hydrogen-bond acceptors (Lipinski definition) is 3. The van der Waals surface area contributed by atoms with Crippen LogP contribution in [0.4, 0.5) is 15.8 Å². The van der Waals surface area contributed by atoms with Gasteiger partial charge in [0.2, 0.25) is 0 Å². The molecule has 0 aliphatic rings. The minimum atomic E-state index is -0.299. The zero-order valence-corrected chi connectivity index (χ0v) is 10.2. The Kier molecular flexibility index (Phi) is 3.67. The summed E-state index contributed by atoms with van der Waals surface area (Å²) in [4.78, 5) is 0. The van der Waals surface area contributed by atoms with Crippen molar-refractivity contribution < 1.29 is 13.9 Å². The summed E-state index contributed by atoms with van der Waals surface area (Å²) in [6, 6.07) is 11.8. The molecule has 0 unspecified atom stereocenters. The summed E-state index contributed by atoms with van der Waals surface area (Å²) in [6.45, 7) is 0. The Bertz CT molecular complexity index is 543. The number of benzene rings is 2. The predicted octanol–water partition coefficient (Wildman–Crippen LogP) is 3.59. The second-order valence-electron chi connectivity index (χ2n) is 3.67. The van der Waals surface area contributed by atoms with Crippen LogP contribution >= 0.6 is 0 Å². The number of halogens is 1. The van der Waals surface area contributed by atoms with Gasteiger partial charge in [-0.3, -0.25) is 0 Å². The van der Waals surface area contributed by atoms with E-state index in [1.807, 2.05) is 0 Å². The molecule has 3 nitrogen and oxygen atoms in total. The maximum atomic E-state index is 13.5. The fourth-order valence-electron chi connectivity index (χ4n) is 1.63. The van der Waals surface area contributed by atoms with Crippen LogP contribution in [0.3, 0.4) is 0 Å². The lowest BCUT2D eigenvalue weighted by molar-refractivity contribution is 0.355. The van der Waals surface area contributed by atoms with Crippen LogP contribution in [0.15, 0.2) is 42.5 Å². The number of hydrogen-bond donors (Lipinski definition) is 1. The number of para-hydroxylation sites is 1. The molecule has 0 aromatic heterocycles. The van der Waals surface area contributed by atoms with E-state index in [1.54, 1.807) is 50.6 Å². The first-order valence-corrected chi connectivity index (χ1v) is 5.48. The van der Waals surface area contributed by atoms with Crippen LogP contribution in [-0.4, -0.2) is 14.2 Å². The molecule has 2 rings (SSSR count). The van der Waals surface area contributed by atoms with E-state index in [0.717, 1.165) is 5.69 Å². The van der Waals surface area contributed by atoms with Gasteiger partial charge < -0.3 is 14.8 Å². The van der Waals surface area contributed by atoms with E-state index in [2.05, 4.69) is 5.32 Å². The fourth-order valence-corrected chi connectivity index (χ4v) is 1.63. The molecular weight excluding hydrogens is 233 g/mol. The summed E-state index contributed by atoms with van der Waals surface area (Å²) >= 11 is 0. The molecule has 0 bridgehead atoms. The first kappa shape index (κ1) is 12.2. The highest BCUT2D eigenvalue weighted by molar-refractivity contribution is 5.63. The molecular formula is C14H14FNO2. The minimum Gasteiger partial charge on any atom is -0.493 e. The van der Waals surface area contributed by atoms with Crippen molar-refractivity contribution in [2.24, 2.45) is 0 Å². The van der Waals surface area contributed by atoms with Gasteiger partial charge >= 0.3 is 0 Å². The third-order valence-electron chi connectivity index (χ3n) is 2.54. The van der Waals surface area contributed by atoms with E-state index in [1.165, 1.54) is 6.07 Å². The van der Waals surface area contributed by atoms with Crippen molar-refractivity contribution in [1.29, 1.82) is 0 Å². The maximum absolute atomic E-state index is 13.5. The Balaban J connectivity index is 2.27. The van der Waals surface area contributed by atoms with E-state index in [9.17, 15) is 4.39 Å². The minimum absolute atomic E-state index is 0.299. The van der Waals surface area contributed by atoms with Gasteiger partial charge in [0.25, 0.3) is 0 Å². The topological polar surface area (TPSA) is 30.5 Å². The van der Waals surface area contributed by atoms with Crippen LogP contribution in [-0.2, 0) is 0 Å². The molecule has 2 aromatic carbocycles. The van der Waals surface area contributed by atoms with Gasteiger partial charge in [-0.15, -0.1) is 0 Å². The van der Waals surface area contributed by atoms with E-state index < -0.39 is 0 Å². The van der Waals surface area contributed by atoms with Crippen molar-refractivity contribution >= 4 is 11.4 Å². The number of methoxy groups -OCH3 is 2. The highest BCUT2D eigenvalue weighted by Gasteiger charge is 2.06. The molecule has 2 aromatic rings. The van der Waals surface area contributed by atoms with Crippen molar-refractivity contribution in [3.05, 3.63) is 48.3 Å². The van der Waals surface area contributed by atoms with Crippen LogP contribution in [0.1, 0.15) is 0 Å². The highest BCUT2D eigenvalue weighted by Crippen LogP contribution is 2.31. The van der Waals surface area contributed by atoms with Crippen molar-refractivity contribution in [2.45, 2.75) is 0 Å². The standard InChI is InChI=1S/C14H14FNO2/c1-17-13-8-7-10(9-14(13)18-2)16-12-6-4-3-5-11(12)15/h3-9,16H,1-2H3. The molecule has 0 atom stereocenters. The van der Waals surface area contributed by atoms with Crippen molar-refractivity contribution in [1.82, 2.24) is 0 Å². The first-order chi connectivity index (χ1) is 8.74. The van der Waals surface area contributed by atoms with Crippen molar-refractivity contribution in [2.75, 3.05) is 19.5 Å². The largest absolute Gasteiger partial charge is 0.493 e. The third-order valence-corrected chi connectivity index (χ3v) is 2.54. The van der Waals surface area contributed by atoms with Crippen molar-refractivity contribution in [3.8, 4) is 11.5 Å². The van der Waals surface area contributed by atoms with Crippen LogP contribution in [0.25, 0.3) is 0 Å². The number of nitrogens with one attached hydrogen (secondary N) is 1. The Morgan fingerprint density at radius 2 is 1.67 bits per heavy atom. The lowest BCUT2D eigenvalue weighted by Crippen LogP contribution is -1.95. The molecule has 0 aliphatic heterocycles. The maximum Gasteiger partial charge on any atom is 0.162 e. The average Bonchev–Trinajstić information content (AvgIpc) is 2.41. The number of rotatable bonds is 4. The fraction of sp³-hybridized carbons (Fsp3) is 0.143. The molecule has 4 heteroatoms. The Labute approximate surface area is 105 Å². The highest BCUT2D eigenvalue weighted by atomic mass is 19.1. The molecule has 0 aliphatic carbocycles. The summed E-state index contributed by atoms with van der Waals surface area (Å²) in [7, 11) is 3.13. The molecule has 0 fully saturated rings. The number of ether oxygens (including phenoxy) is 2. The second kappa shape index (κ2) is 5.40. The van der Waals surface area contributed by atoms with E-state index in [4.69, 9.17) is 9.47 Å². The molecule has 0 spiro atoms. The van der Waals surface area contributed by atoms with Gasteiger partial charge in [0, 0.05) is 11.8 Å². The Hall–Kier alpha value is -2.23. The summed E-state index contributed by atoms with van der Waals surface area (Å²) in [6.07, 6.45) is 0. The van der Waals surface area contributed by atoms with Crippen LogP contribution in [0.2, 0.25) is 0 Å². The number of anilines is 2. The lowest BCUT2D eigenvalue weighted by Gasteiger charge is -2.11. The van der Waals surface area contributed by atoms with Crippen LogP contribution < -0.4 is 14.8 Å². The van der Waals surface area contributed by atoms with Gasteiger partial charge in [-0.05, 0) is 24.3 Å². The van der Waals surface area contributed by atoms with Gasteiger partial charge in [0.1, 0.15) is 5.82 Å². The Morgan fingerprint density at radius 3 is 2.33 bits per heavy atom. The smallest absolute Gasteiger partial charge is 0.162 e. The van der Waals surface area contributed by atoms with Crippen molar-refractivity contribution in [3.63, 3.8) is 0 Å².